The van der Waals surface area contributed by atoms with Crippen molar-refractivity contribution in [1.82, 2.24) is 24.5 Å². The number of benzene rings is 2. The fraction of sp³-hybridized carbons (Fsp3) is 0.304. The van der Waals surface area contributed by atoms with Gasteiger partial charge < -0.3 is 14.5 Å². The van der Waals surface area contributed by atoms with E-state index in [1.165, 1.54) is 24.3 Å². The Morgan fingerprint density at radius 3 is 2.66 bits per heavy atom. The van der Waals surface area contributed by atoms with Crippen LogP contribution in [0.5, 0.6) is 0 Å². The fourth-order valence-corrected chi connectivity index (χ4v) is 4.58. The molecule has 0 saturated carbocycles. The summed E-state index contributed by atoms with van der Waals surface area (Å²) in [7, 11) is 1.60. The van der Waals surface area contributed by atoms with Crippen molar-refractivity contribution in [1.29, 1.82) is 0 Å². The zero-order valence-electron chi connectivity index (χ0n) is 19.1. The molecule has 5 rings (SSSR count). The highest BCUT2D eigenvalue weighted by Gasteiger charge is 2.31. The maximum atomic E-state index is 13.1. The summed E-state index contributed by atoms with van der Waals surface area (Å²) in [6.45, 7) is 3.74. The lowest BCUT2D eigenvalue weighted by molar-refractivity contribution is -0.384. The number of non-ortho nitro benzene ring substituents is 1. The summed E-state index contributed by atoms with van der Waals surface area (Å²) in [5, 5.41) is 21.0. The molecule has 0 bridgehead atoms. The Morgan fingerprint density at radius 2 is 1.97 bits per heavy atom. The number of amides is 1. The Labute approximate surface area is 205 Å². The number of nitrogens with zero attached hydrogens (tertiary/aromatic N) is 7. The van der Waals surface area contributed by atoms with Crippen molar-refractivity contribution in [3.8, 4) is 0 Å². The molecule has 1 amide bonds. The maximum absolute atomic E-state index is 13.1. The normalized spacial score (nSPS) is 16.3. The predicted octanol–water partition coefficient (Wildman–Crippen LogP) is 3.34. The topological polar surface area (TPSA) is 119 Å². The SMILES string of the molecule is COCc1nnc2c3ccc(Cl)cc3nc(N3CCN(C(=O)c4ccc([N+](=O)[O-])cc4)[C@H](C)C3)n12. The lowest BCUT2D eigenvalue weighted by atomic mass is 10.1. The van der Waals surface area contributed by atoms with Crippen molar-refractivity contribution in [2.45, 2.75) is 19.6 Å². The molecule has 2 aromatic heterocycles. The van der Waals surface area contributed by atoms with Crippen molar-refractivity contribution in [2.24, 2.45) is 0 Å². The van der Waals surface area contributed by atoms with Crippen LogP contribution in [0.3, 0.4) is 0 Å². The van der Waals surface area contributed by atoms with Gasteiger partial charge in [0.2, 0.25) is 5.95 Å². The molecule has 12 heteroatoms. The number of anilines is 1. The molecule has 0 spiro atoms. The fourth-order valence-electron chi connectivity index (χ4n) is 4.41. The molecule has 2 aromatic carbocycles. The van der Waals surface area contributed by atoms with Gasteiger partial charge in [0.1, 0.15) is 6.61 Å². The predicted molar refractivity (Wildman–Crippen MR) is 130 cm³/mol. The van der Waals surface area contributed by atoms with E-state index >= 15 is 0 Å². The highest BCUT2D eigenvalue weighted by molar-refractivity contribution is 6.31. The molecule has 0 aliphatic carbocycles. The second-order valence-electron chi connectivity index (χ2n) is 8.38. The van der Waals surface area contributed by atoms with Crippen LogP contribution >= 0.6 is 11.6 Å². The van der Waals surface area contributed by atoms with Crippen LogP contribution < -0.4 is 4.90 Å². The number of fused-ring (bicyclic) bond motifs is 3. The first kappa shape index (κ1) is 22.9. The molecular weight excluding hydrogens is 474 g/mol. The van der Waals surface area contributed by atoms with Gasteiger partial charge in [-0.15, -0.1) is 10.2 Å². The van der Waals surface area contributed by atoms with E-state index in [9.17, 15) is 14.9 Å². The molecule has 1 saturated heterocycles. The van der Waals surface area contributed by atoms with Gasteiger partial charge in [0.15, 0.2) is 11.5 Å². The lowest BCUT2D eigenvalue weighted by Crippen LogP contribution is -2.54. The van der Waals surface area contributed by atoms with Crippen LogP contribution in [0.4, 0.5) is 11.6 Å². The van der Waals surface area contributed by atoms with E-state index in [2.05, 4.69) is 15.1 Å². The Balaban J connectivity index is 1.47. The number of nitro benzene ring substituents is 1. The van der Waals surface area contributed by atoms with E-state index < -0.39 is 4.92 Å². The molecule has 11 nitrogen and oxygen atoms in total. The van der Waals surface area contributed by atoms with Crippen LogP contribution in [-0.4, -0.2) is 68.1 Å². The first-order valence-corrected chi connectivity index (χ1v) is 11.4. The number of carbonyl (C=O) groups excluding carboxylic acids is 1. The van der Waals surface area contributed by atoms with Gasteiger partial charge in [0, 0.05) is 60.9 Å². The summed E-state index contributed by atoms with van der Waals surface area (Å²) in [5.74, 6) is 1.11. The number of nitro groups is 1. The number of rotatable bonds is 5. The lowest BCUT2D eigenvalue weighted by Gasteiger charge is -2.40. The van der Waals surface area contributed by atoms with Crippen molar-refractivity contribution < 1.29 is 14.5 Å². The molecule has 4 aromatic rings. The summed E-state index contributed by atoms with van der Waals surface area (Å²) in [5.41, 5.74) is 1.73. The standard InChI is InChI=1S/C23H22ClN7O4/c1-14-12-28(9-10-29(14)22(32)15-3-6-17(7-4-15)31(33)34)23-25-19-11-16(24)5-8-18(19)21-27-26-20(13-35-2)30(21)23/h3-8,11,14H,9-10,12-13H2,1-2H3/t14-/m1/s1. The van der Waals surface area contributed by atoms with Gasteiger partial charge in [-0.1, -0.05) is 11.6 Å². The Bertz CT molecular complexity index is 1440. The molecule has 35 heavy (non-hydrogen) atoms. The minimum atomic E-state index is -0.483. The minimum absolute atomic E-state index is 0.0493. The van der Waals surface area contributed by atoms with Crippen LogP contribution in [0.25, 0.3) is 16.6 Å². The van der Waals surface area contributed by atoms with Crippen molar-refractivity contribution in [3.63, 3.8) is 0 Å². The Hall–Kier alpha value is -3.83. The smallest absolute Gasteiger partial charge is 0.269 e. The maximum Gasteiger partial charge on any atom is 0.269 e. The second kappa shape index (κ2) is 9.08. The van der Waals surface area contributed by atoms with Crippen molar-refractivity contribution in [2.75, 3.05) is 31.6 Å². The number of hydrogen-bond acceptors (Lipinski definition) is 8. The molecule has 180 valence electrons. The van der Waals surface area contributed by atoms with E-state index in [1.54, 1.807) is 24.1 Å². The average molecular weight is 496 g/mol. The zero-order valence-corrected chi connectivity index (χ0v) is 19.8. The number of aromatic nitrogens is 4. The van der Waals surface area contributed by atoms with Gasteiger partial charge in [0.25, 0.3) is 11.6 Å². The zero-order chi connectivity index (χ0) is 24.7. The van der Waals surface area contributed by atoms with Gasteiger partial charge in [-0.3, -0.25) is 14.9 Å². The highest BCUT2D eigenvalue weighted by atomic mass is 35.5. The van der Waals surface area contributed by atoms with E-state index in [4.69, 9.17) is 21.3 Å². The third kappa shape index (κ3) is 4.13. The number of halogens is 1. The van der Waals surface area contributed by atoms with Gasteiger partial charge in [-0.05, 0) is 37.3 Å². The summed E-state index contributed by atoms with van der Waals surface area (Å²) in [4.78, 5) is 32.3. The monoisotopic (exact) mass is 495 g/mol. The summed E-state index contributed by atoms with van der Waals surface area (Å²) in [6.07, 6.45) is 0. The Morgan fingerprint density at radius 1 is 1.20 bits per heavy atom. The molecule has 0 unspecified atom stereocenters. The quantitative estimate of drug-likeness (QED) is 0.305. The van der Waals surface area contributed by atoms with Crippen molar-refractivity contribution in [3.05, 3.63) is 69.0 Å². The number of ether oxygens (including phenoxy) is 1. The molecule has 3 heterocycles. The van der Waals surface area contributed by atoms with Gasteiger partial charge in [-0.25, -0.2) is 9.38 Å². The third-order valence-electron chi connectivity index (χ3n) is 6.12. The summed E-state index contributed by atoms with van der Waals surface area (Å²) >= 11 is 6.23. The van der Waals surface area contributed by atoms with E-state index in [-0.39, 0.29) is 24.2 Å². The first-order valence-electron chi connectivity index (χ1n) is 11.0. The molecule has 0 N–H and O–H groups in total. The van der Waals surface area contributed by atoms with Crippen LogP contribution in [0.2, 0.25) is 5.02 Å². The number of methoxy groups -OCH3 is 1. The molecular formula is C23H22ClN7O4. The Kier molecular flexibility index (Phi) is 5.95. The van der Waals surface area contributed by atoms with E-state index in [0.29, 0.717) is 53.2 Å². The molecule has 1 aliphatic heterocycles. The van der Waals surface area contributed by atoms with Gasteiger partial charge in [0.05, 0.1) is 10.4 Å². The van der Waals surface area contributed by atoms with Gasteiger partial charge in [-0.2, -0.15) is 0 Å². The second-order valence-corrected chi connectivity index (χ2v) is 8.82. The molecule has 1 atom stereocenters. The van der Waals surface area contributed by atoms with Crippen molar-refractivity contribution >= 4 is 45.7 Å². The molecule has 1 aliphatic rings. The highest BCUT2D eigenvalue weighted by Crippen LogP contribution is 2.28. The average Bonchev–Trinajstić information content (AvgIpc) is 3.27. The third-order valence-corrected chi connectivity index (χ3v) is 6.36. The van der Waals surface area contributed by atoms with E-state index in [0.717, 1.165) is 5.39 Å². The molecule has 1 fully saturated rings. The number of carbonyl (C=O) groups is 1. The first-order chi connectivity index (χ1) is 16.9. The van der Waals surface area contributed by atoms with Crippen LogP contribution in [0.1, 0.15) is 23.1 Å². The van der Waals surface area contributed by atoms with E-state index in [1.807, 2.05) is 17.4 Å². The van der Waals surface area contributed by atoms with Crippen LogP contribution in [-0.2, 0) is 11.3 Å². The summed E-state index contributed by atoms with van der Waals surface area (Å²) < 4.78 is 7.21. The minimum Gasteiger partial charge on any atom is -0.377 e. The largest absolute Gasteiger partial charge is 0.377 e. The number of hydrogen-bond donors (Lipinski definition) is 0. The number of piperazine rings is 1. The van der Waals surface area contributed by atoms with Crippen LogP contribution in [0, 0.1) is 10.1 Å². The molecule has 0 radical (unpaired) electrons. The summed E-state index contributed by atoms with van der Waals surface area (Å²) in [6, 6.07) is 11.0. The van der Waals surface area contributed by atoms with Crippen LogP contribution in [0.15, 0.2) is 42.5 Å². The van der Waals surface area contributed by atoms with Gasteiger partial charge >= 0.3 is 0 Å².